The summed E-state index contributed by atoms with van der Waals surface area (Å²) < 4.78 is 46.8. The molecule has 3 heterocycles. The van der Waals surface area contributed by atoms with Crippen LogP contribution < -0.4 is 0 Å². The van der Waals surface area contributed by atoms with Crippen molar-refractivity contribution in [2.24, 2.45) is 0 Å². The van der Waals surface area contributed by atoms with E-state index in [0.717, 1.165) is 22.9 Å². The number of hydrogen-bond donors (Lipinski definition) is 0. The Hall–Kier alpha value is -2.68. The Morgan fingerprint density at radius 2 is 1.90 bits per heavy atom. The molecule has 5 rings (SSSR count). The van der Waals surface area contributed by atoms with Gasteiger partial charge < -0.3 is 4.74 Å². The van der Waals surface area contributed by atoms with Crippen LogP contribution in [0.4, 0.5) is 4.39 Å². The summed E-state index contributed by atoms with van der Waals surface area (Å²) in [5, 5.41) is 0. The maximum atomic E-state index is 13.6. The quantitative estimate of drug-likeness (QED) is 0.663. The average molecular weight is 411 g/mol. The van der Waals surface area contributed by atoms with Crippen molar-refractivity contribution in [3.05, 3.63) is 77.4 Å². The Kier molecular flexibility index (Phi) is 4.06. The summed E-state index contributed by atoms with van der Waals surface area (Å²) in [7, 11) is -3.80. The first-order valence-electron chi connectivity index (χ1n) is 9.21. The number of aryl methyl sites for hydroxylation is 1. The van der Waals surface area contributed by atoms with Crippen LogP contribution in [-0.2, 0) is 27.0 Å². The first-order valence-corrected chi connectivity index (χ1v) is 10.7. The minimum atomic E-state index is -3.80. The molecule has 2 aliphatic rings. The summed E-state index contributed by atoms with van der Waals surface area (Å²) in [6.45, 7) is 2.28. The Labute approximate surface area is 168 Å². The molecule has 1 saturated heterocycles. The van der Waals surface area contributed by atoms with E-state index >= 15 is 0 Å². The molecule has 2 aromatic carbocycles. The molecular formula is C21H18FN3O3S. The molecule has 0 bridgehead atoms. The summed E-state index contributed by atoms with van der Waals surface area (Å²) in [4.78, 5) is 9.07. The molecule has 0 radical (unpaired) electrons. The third-order valence-corrected chi connectivity index (χ3v) is 7.44. The van der Waals surface area contributed by atoms with E-state index in [0.29, 0.717) is 18.0 Å². The summed E-state index contributed by atoms with van der Waals surface area (Å²) in [5.74, 6) is 0.0397. The van der Waals surface area contributed by atoms with Crippen LogP contribution in [-0.4, -0.2) is 35.8 Å². The highest BCUT2D eigenvalue weighted by Gasteiger charge is 2.55. The smallest absolute Gasteiger partial charge is 0.243 e. The van der Waals surface area contributed by atoms with Gasteiger partial charge in [0.25, 0.3) is 0 Å². The summed E-state index contributed by atoms with van der Waals surface area (Å²) in [6.07, 6.45) is 1.73. The Bertz CT molecular complexity index is 1210. The van der Waals surface area contributed by atoms with Crippen LogP contribution in [0.2, 0.25) is 0 Å². The SMILES string of the molecule is Cc1ccc(F)cc1S(=O)(=O)N1CC2(C1)OCc1nc(-c3ccccc3)ncc12. The maximum Gasteiger partial charge on any atom is 0.243 e. The molecule has 0 unspecified atom stereocenters. The fourth-order valence-electron chi connectivity index (χ4n) is 3.86. The van der Waals surface area contributed by atoms with Gasteiger partial charge in [0.2, 0.25) is 10.0 Å². The largest absolute Gasteiger partial charge is 0.361 e. The highest BCUT2D eigenvalue weighted by Crippen LogP contribution is 2.45. The zero-order chi connectivity index (χ0) is 20.2. The number of nitrogens with zero attached hydrogens (tertiary/aromatic N) is 3. The van der Waals surface area contributed by atoms with E-state index in [4.69, 9.17) is 4.74 Å². The van der Waals surface area contributed by atoms with Gasteiger partial charge in [0.1, 0.15) is 11.4 Å². The molecule has 0 aliphatic carbocycles. The van der Waals surface area contributed by atoms with Crippen LogP contribution in [0.25, 0.3) is 11.4 Å². The molecule has 0 N–H and O–H groups in total. The summed E-state index contributed by atoms with van der Waals surface area (Å²) in [5.41, 5.74) is 2.28. The normalized spacial score (nSPS) is 17.9. The molecule has 1 spiro atoms. The highest BCUT2D eigenvalue weighted by atomic mass is 32.2. The number of ether oxygens (including phenoxy) is 1. The molecule has 2 aliphatic heterocycles. The first kappa shape index (κ1) is 18.4. The maximum absolute atomic E-state index is 13.6. The van der Waals surface area contributed by atoms with Crippen LogP contribution in [0.15, 0.2) is 59.6 Å². The van der Waals surface area contributed by atoms with E-state index < -0.39 is 21.4 Å². The van der Waals surface area contributed by atoms with Gasteiger partial charge in [0, 0.05) is 30.4 Å². The van der Waals surface area contributed by atoms with E-state index in [1.54, 1.807) is 13.1 Å². The third-order valence-electron chi connectivity index (χ3n) is 5.51. The van der Waals surface area contributed by atoms with Gasteiger partial charge in [-0.3, -0.25) is 0 Å². The topological polar surface area (TPSA) is 72.4 Å². The van der Waals surface area contributed by atoms with Crippen LogP contribution in [0.3, 0.4) is 0 Å². The summed E-state index contributed by atoms with van der Waals surface area (Å²) in [6, 6.07) is 13.4. The lowest BCUT2D eigenvalue weighted by Crippen LogP contribution is -2.61. The standard InChI is InChI=1S/C21H18FN3O3S/c1-14-7-8-16(22)9-19(14)29(26,27)25-12-21(13-25)17-10-23-20(24-18(17)11-28-21)15-5-3-2-4-6-15/h2-10H,11-13H2,1H3. The number of rotatable bonds is 3. The number of halogens is 1. The van der Waals surface area contributed by atoms with Gasteiger partial charge in [-0.25, -0.2) is 22.8 Å². The molecule has 148 valence electrons. The molecule has 0 atom stereocenters. The fourth-order valence-corrected chi connectivity index (χ4v) is 5.64. The van der Waals surface area contributed by atoms with E-state index in [9.17, 15) is 12.8 Å². The van der Waals surface area contributed by atoms with Gasteiger partial charge in [-0.2, -0.15) is 4.31 Å². The predicted octanol–water partition coefficient (Wildman–Crippen LogP) is 3.02. The van der Waals surface area contributed by atoms with E-state index in [-0.39, 0.29) is 18.0 Å². The van der Waals surface area contributed by atoms with Crippen molar-refractivity contribution in [3.63, 3.8) is 0 Å². The number of aromatic nitrogens is 2. The van der Waals surface area contributed by atoms with Gasteiger partial charge in [0.05, 0.1) is 17.2 Å². The van der Waals surface area contributed by atoms with Gasteiger partial charge in [-0.1, -0.05) is 36.4 Å². The van der Waals surface area contributed by atoms with E-state index in [2.05, 4.69) is 9.97 Å². The number of benzene rings is 2. The molecule has 3 aromatic rings. The zero-order valence-electron chi connectivity index (χ0n) is 15.7. The van der Waals surface area contributed by atoms with Crippen molar-refractivity contribution in [2.75, 3.05) is 13.1 Å². The monoisotopic (exact) mass is 411 g/mol. The minimum absolute atomic E-state index is 0.0127. The number of fused-ring (bicyclic) bond motifs is 2. The van der Waals surface area contributed by atoms with Crippen molar-refractivity contribution in [2.45, 2.75) is 24.0 Å². The van der Waals surface area contributed by atoms with Crippen LogP contribution in [0, 0.1) is 12.7 Å². The van der Waals surface area contributed by atoms with Crippen LogP contribution >= 0.6 is 0 Å². The Morgan fingerprint density at radius 3 is 2.66 bits per heavy atom. The fraction of sp³-hybridized carbons (Fsp3) is 0.238. The van der Waals surface area contributed by atoms with Crippen molar-refractivity contribution in [1.29, 1.82) is 0 Å². The van der Waals surface area contributed by atoms with E-state index in [1.807, 2.05) is 30.3 Å². The Morgan fingerprint density at radius 1 is 1.14 bits per heavy atom. The van der Waals surface area contributed by atoms with Crippen LogP contribution in [0.5, 0.6) is 0 Å². The molecule has 29 heavy (non-hydrogen) atoms. The molecule has 1 aromatic heterocycles. The van der Waals surface area contributed by atoms with Crippen molar-refractivity contribution < 1.29 is 17.5 Å². The highest BCUT2D eigenvalue weighted by molar-refractivity contribution is 7.89. The van der Waals surface area contributed by atoms with E-state index in [1.165, 1.54) is 16.4 Å². The zero-order valence-corrected chi connectivity index (χ0v) is 16.5. The number of sulfonamides is 1. The van der Waals surface area contributed by atoms with Crippen molar-refractivity contribution in [3.8, 4) is 11.4 Å². The second kappa shape index (κ2) is 6.41. The summed E-state index contributed by atoms with van der Waals surface area (Å²) >= 11 is 0. The molecule has 6 nitrogen and oxygen atoms in total. The predicted molar refractivity (Wildman–Crippen MR) is 104 cm³/mol. The lowest BCUT2D eigenvalue weighted by Gasteiger charge is -2.46. The lowest BCUT2D eigenvalue weighted by atomic mass is 9.90. The molecular weight excluding hydrogens is 393 g/mol. The van der Waals surface area contributed by atoms with Crippen molar-refractivity contribution >= 4 is 10.0 Å². The lowest BCUT2D eigenvalue weighted by molar-refractivity contribution is -0.112. The van der Waals surface area contributed by atoms with Gasteiger partial charge in [0.15, 0.2) is 5.82 Å². The molecule has 8 heteroatoms. The first-order chi connectivity index (χ1) is 13.9. The minimum Gasteiger partial charge on any atom is -0.361 e. The van der Waals surface area contributed by atoms with Gasteiger partial charge in [-0.05, 0) is 24.6 Å². The molecule has 1 fully saturated rings. The second-order valence-corrected chi connectivity index (χ2v) is 9.29. The van der Waals surface area contributed by atoms with Crippen molar-refractivity contribution in [1.82, 2.24) is 14.3 Å². The van der Waals surface area contributed by atoms with Gasteiger partial charge in [-0.15, -0.1) is 0 Å². The molecule has 0 amide bonds. The third kappa shape index (κ3) is 2.87. The molecule has 0 saturated carbocycles. The Balaban J connectivity index is 1.42. The van der Waals surface area contributed by atoms with Gasteiger partial charge >= 0.3 is 0 Å². The van der Waals surface area contributed by atoms with Crippen LogP contribution in [0.1, 0.15) is 16.8 Å². The average Bonchev–Trinajstić information content (AvgIpc) is 3.08. The number of hydrogen-bond acceptors (Lipinski definition) is 5. The second-order valence-electron chi connectivity index (χ2n) is 7.39.